The summed E-state index contributed by atoms with van der Waals surface area (Å²) >= 11 is 0.969. The summed E-state index contributed by atoms with van der Waals surface area (Å²) in [5, 5.41) is 4.21. The molecule has 28 heavy (non-hydrogen) atoms. The molecule has 5 nitrogen and oxygen atoms in total. The van der Waals surface area contributed by atoms with Gasteiger partial charge in [-0.2, -0.15) is 5.10 Å². The van der Waals surface area contributed by atoms with E-state index in [1.165, 1.54) is 6.07 Å². The Labute approximate surface area is 166 Å². The second kappa shape index (κ2) is 7.10. The summed E-state index contributed by atoms with van der Waals surface area (Å²) in [4.78, 5) is 4.09. The molecule has 4 aromatic rings. The highest BCUT2D eigenvalue weighted by atomic mass is 32.2. The molecule has 2 aromatic heterocycles. The molecule has 1 atom stereocenters. The molecule has 1 unspecified atom stereocenters. The van der Waals surface area contributed by atoms with Crippen molar-refractivity contribution in [3.63, 3.8) is 0 Å². The van der Waals surface area contributed by atoms with Crippen molar-refractivity contribution in [2.24, 2.45) is 0 Å². The van der Waals surface area contributed by atoms with Gasteiger partial charge in [-0.3, -0.25) is 4.68 Å². The number of halogens is 1. The monoisotopic (exact) mass is 415 g/mol. The van der Waals surface area contributed by atoms with Crippen molar-refractivity contribution in [1.29, 1.82) is 0 Å². The van der Waals surface area contributed by atoms with Gasteiger partial charge in [-0.1, -0.05) is 42.0 Å². The summed E-state index contributed by atoms with van der Waals surface area (Å²) in [5.41, 5.74) is 1.01. The third-order valence-electron chi connectivity index (χ3n) is 4.48. The third kappa shape index (κ3) is 3.45. The Morgan fingerprint density at radius 1 is 1.11 bits per heavy atom. The zero-order valence-corrected chi connectivity index (χ0v) is 17.0. The van der Waals surface area contributed by atoms with Crippen molar-refractivity contribution >= 4 is 31.4 Å². The van der Waals surface area contributed by atoms with Crippen LogP contribution in [0.4, 0.5) is 4.39 Å². The number of para-hydroxylation sites is 1. The van der Waals surface area contributed by atoms with E-state index in [1.54, 1.807) is 35.9 Å². The molecule has 2 aromatic carbocycles. The molecule has 0 aliphatic carbocycles. The van der Waals surface area contributed by atoms with Crippen LogP contribution in [0.2, 0.25) is 0 Å². The standard InChI is InChI=1S/C20H18FN3O2S2/c1-13-7-9-15(10-8-13)12-24-14(2)11-17(23-24)19(21)28(25,26)20-22-16-5-3-4-6-18(16)27-20/h3-11,19H,12H2,1-2H3. The molecule has 0 bridgehead atoms. The highest BCUT2D eigenvalue weighted by Gasteiger charge is 2.34. The number of alkyl halides is 1. The normalized spacial score (nSPS) is 13.1. The Bertz CT molecular complexity index is 1210. The van der Waals surface area contributed by atoms with Gasteiger partial charge in [-0.25, -0.2) is 17.8 Å². The molecule has 0 radical (unpaired) electrons. The van der Waals surface area contributed by atoms with Crippen LogP contribution in [0.3, 0.4) is 0 Å². The van der Waals surface area contributed by atoms with E-state index in [2.05, 4.69) is 10.1 Å². The van der Waals surface area contributed by atoms with E-state index in [0.717, 1.165) is 22.5 Å². The van der Waals surface area contributed by atoms with Gasteiger partial charge in [0.25, 0.3) is 5.50 Å². The number of benzene rings is 2. The number of rotatable bonds is 5. The predicted molar refractivity (Wildman–Crippen MR) is 108 cm³/mol. The fourth-order valence-corrected chi connectivity index (χ4v) is 5.41. The number of nitrogens with zero attached hydrogens (tertiary/aromatic N) is 3. The summed E-state index contributed by atoms with van der Waals surface area (Å²) in [6.07, 6.45) is 0. The van der Waals surface area contributed by atoms with E-state index >= 15 is 4.39 Å². The van der Waals surface area contributed by atoms with Crippen LogP contribution < -0.4 is 0 Å². The third-order valence-corrected chi connectivity index (χ3v) is 7.62. The minimum atomic E-state index is -4.27. The molecule has 8 heteroatoms. The average molecular weight is 416 g/mol. The zero-order chi connectivity index (χ0) is 19.9. The summed E-state index contributed by atoms with van der Waals surface area (Å²) in [5.74, 6) is 0. The largest absolute Gasteiger partial charge is 0.265 e. The molecule has 0 N–H and O–H groups in total. The molecule has 0 saturated heterocycles. The SMILES string of the molecule is Cc1ccc(Cn2nc(C(F)S(=O)(=O)c3nc4ccccc4s3)cc2C)cc1. The van der Waals surface area contributed by atoms with Crippen molar-refractivity contribution in [3.05, 3.63) is 77.1 Å². The van der Waals surface area contributed by atoms with Gasteiger partial charge in [0.05, 0.1) is 16.8 Å². The molecular weight excluding hydrogens is 397 g/mol. The highest BCUT2D eigenvalue weighted by molar-refractivity contribution is 7.93. The van der Waals surface area contributed by atoms with Crippen molar-refractivity contribution < 1.29 is 12.8 Å². The first-order valence-corrected chi connectivity index (χ1v) is 11.0. The molecule has 0 fully saturated rings. The Morgan fingerprint density at radius 3 is 2.54 bits per heavy atom. The Hall–Kier alpha value is -2.58. The molecular formula is C20H18FN3O2S2. The lowest BCUT2D eigenvalue weighted by Crippen LogP contribution is -2.11. The maximum Gasteiger partial charge on any atom is 0.251 e. The van der Waals surface area contributed by atoms with Crippen molar-refractivity contribution in [1.82, 2.24) is 14.8 Å². The van der Waals surface area contributed by atoms with Crippen LogP contribution in [0.1, 0.15) is 28.0 Å². The minimum absolute atomic E-state index is 0.121. The molecule has 2 heterocycles. The van der Waals surface area contributed by atoms with E-state index in [0.29, 0.717) is 22.5 Å². The average Bonchev–Trinajstić information content (AvgIpc) is 3.27. The van der Waals surface area contributed by atoms with Crippen LogP contribution in [0, 0.1) is 13.8 Å². The molecule has 0 amide bonds. The van der Waals surface area contributed by atoms with E-state index in [9.17, 15) is 8.42 Å². The molecule has 0 aliphatic rings. The molecule has 0 saturated carbocycles. The lowest BCUT2D eigenvalue weighted by molar-refractivity contribution is 0.419. The highest BCUT2D eigenvalue weighted by Crippen LogP contribution is 2.34. The Morgan fingerprint density at radius 2 is 1.82 bits per heavy atom. The number of aromatic nitrogens is 3. The van der Waals surface area contributed by atoms with Crippen molar-refractivity contribution in [3.8, 4) is 0 Å². The predicted octanol–water partition coefficient (Wildman–Crippen LogP) is 4.60. The fourth-order valence-electron chi connectivity index (χ4n) is 2.89. The maximum atomic E-state index is 15.0. The fraction of sp³-hybridized carbons (Fsp3) is 0.200. The Balaban J connectivity index is 1.63. The number of hydrogen-bond acceptors (Lipinski definition) is 5. The van der Waals surface area contributed by atoms with Gasteiger partial charge in [-0.15, -0.1) is 11.3 Å². The number of hydrogen-bond donors (Lipinski definition) is 0. The lowest BCUT2D eigenvalue weighted by atomic mass is 10.1. The number of aryl methyl sites for hydroxylation is 2. The van der Waals surface area contributed by atoms with Crippen LogP contribution >= 0.6 is 11.3 Å². The second-order valence-electron chi connectivity index (χ2n) is 6.66. The molecule has 4 rings (SSSR count). The smallest absolute Gasteiger partial charge is 0.251 e. The summed E-state index contributed by atoms with van der Waals surface area (Å²) in [7, 11) is -4.27. The summed E-state index contributed by atoms with van der Waals surface area (Å²) < 4.78 is 42.6. The van der Waals surface area contributed by atoms with Gasteiger partial charge in [0.1, 0.15) is 5.69 Å². The molecule has 0 aliphatic heterocycles. The topological polar surface area (TPSA) is 64.8 Å². The van der Waals surface area contributed by atoms with Gasteiger partial charge in [-0.05, 0) is 37.6 Å². The van der Waals surface area contributed by atoms with Gasteiger partial charge in [0.15, 0.2) is 0 Å². The first-order chi connectivity index (χ1) is 13.3. The summed E-state index contributed by atoms with van der Waals surface area (Å²) in [6, 6.07) is 16.4. The van der Waals surface area contributed by atoms with Crippen LogP contribution in [0.5, 0.6) is 0 Å². The van der Waals surface area contributed by atoms with Gasteiger partial charge >= 0.3 is 0 Å². The first-order valence-electron chi connectivity index (χ1n) is 8.68. The van der Waals surface area contributed by atoms with Crippen molar-refractivity contribution in [2.75, 3.05) is 0 Å². The van der Waals surface area contributed by atoms with Gasteiger partial charge in [0.2, 0.25) is 14.2 Å². The number of sulfone groups is 1. The lowest BCUT2D eigenvalue weighted by Gasteiger charge is -2.06. The van der Waals surface area contributed by atoms with Crippen LogP contribution in [-0.2, 0) is 16.4 Å². The molecule has 144 valence electrons. The quantitative estimate of drug-likeness (QED) is 0.478. The van der Waals surface area contributed by atoms with E-state index in [4.69, 9.17) is 0 Å². The second-order valence-corrected chi connectivity index (χ2v) is 9.84. The number of thiazole rings is 1. The summed E-state index contributed by atoms with van der Waals surface area (Å²) in [6.45, 7) is 4.23. The van der Waals surface area contributed by atoms with Gasteiger partial charge in [0, 0.05) is 5.69 Å². The zero-order valence-electron chi connectivity index (χ0n) is 15.3. The van der Waals surface area contributed by atoms with E-state index in [1.807, 2.05) is 31.2 Å². The maximum absolute atomic E-state index is 15.0. The number of fused-ring (bicyclic) bond motifs is 1. The van der Waals surface area contributed by atoms with E-state index in [-0.39, 0.29) is 10.0 Å². The van der Waals surface area contributed by atoms with Crippen LogP contribution in [0.15, 0.2) is 58.9 Å². The Kier molecular flexibility index (Phi) is 4.76. The van der Waals surface area contributed by atoms with E-state index < -0.39 is 15.3 Å². The van der Waals surface area contributed by atoms with Crippen LogP contribution in [0.25, 0.3) is 10.2 Å². The van der Waals surface area contributed by atoms with Gasteiger partial charge < -0.3 is 0 Å². The van der Waals surface area contributed by atoms with Crippen molar-refractivity contribution in [2.45, 2.75) is 30.2 Å². The van der Waals surface area contributed by atoms with Crippen LogP contribution in [-0.4, -0.2) is 23.2 Å². The first kappa shape index (κ1) is 18.8. The molecule has 0 spiro atoms. The minimum Gasteiger partial charge on any atom is -0.265 e.